The SMILES string of the molecule is Cc1ccc(NC(=O)CN(C)CC(=O)NC2(C#N)CCCCC2)cc1. The minimum atomic E-state index is -0.736. The van der Waals surface area contributed by atoms with E-state index in [0.29, 0.717) is 12.8 Å². The Morgan fingerprint density at radius 3 is 2.32 bits per heavy atom. The van der Waals surface area contributed by atoms with Crippen molar-refractivity contribution in [1.82, 2.24) is 10.2 Å². The number of benzene rings is 1. The number of nitrogens with one attached hydrogen (secondary N) is 2. The highest BCUT2D eigenvalue weighted by Crippen LogP contribution is 2.27. The predicted molar refractivity (Wildman–Crippen MR) is 96.9 cm³/mol. The maximum absolute atomic E-state index is 12.2. The molecule has 1 saturated carbocycles. The summed E-state index contributed by atoms with van der Waals surface area (Å²) < 4.78 is 0. The number of anilines is 1. The number of carbonyl (C=O) groups is 2. The third kappa shape index (κ3) is 5.87. The van der Waals surface area contributed by atoms with Crippen LogP contribution in [0.25, 0.3) is 0 Å². The van der Waals surface area contributed by atoms with Gasteiger partial charge in [-0.2, -0.15) is 5.26 Å². The van der Waals surface area contributed by atoms with Crippen LogP contribution in [0.15, 0.2) is 24.3 Å². The molecule has 6 nitrogen and oxygen atoms in total. The number of aryl methyl sites for hydroxylation is 1. The van der Waals surface area contributed by atoms with Crippen LogP contribution in [0.4, 0.5) is 5.69 Å². The van der Waals surface area contributed by atoms with Gasteiger partial charge in [-0.1, -0.05) is 37.0 Å². The normalized spacial score (nSPS) is 16.1. The van der Waals surface area contributed by atoms with E-state index >= 15 is 0 Å². The van der Waals surface area contributed by atoms with E-state index in [2.05, 4.69) is 16.7 Å². The zero-order valence-electron chi connectivity index (χ0n) is 15.0. The van der Waals surface area contributed by atoms with Crippen LogP contribution in [0.5, 0.6) is 0 Å². The summed E-state index contributed by atoms with van der Waals surface area (Å²) >= 11 is 0. The molecule has 0 bridgehead atoms. The summed E-state index contributed by atoms with van der Waals surface area (Å²) in [6.07, 6.45) is 4.43. The number of hydrogen-bond acceptors (Lipinski definition) is 4. The van der Waals surface area contributed by atoms with Crippen molar-refractivity contribution < 1.29 is 9.59 Å². The van der Waals surface area contributed by atoms with E-state index in [9.17, 15) is 14.9 Å². The predicted octanol–water partition coefficient (Wildman–Crippen LogP) is 2.21. The van der Waals surface area contributed by atoms with Gasteiger partial charge in [0.15, 0.2) is 0 Å². The molecule has 134 valence electrons. The molecule has 2 N–H and O–H groups in total. The highest BCUT2D eigenvalue weighted by Gasteiger charge is 2.33. The van der Waals surface area contributed by atoms with Crippen molar-refractivity contribution in [3.05, 3.63) is 29.8 Å². The minimum absolute atomic E-state index is 0.0880. The van der Waals surface area contributed by atoms with Crippen LogP contribution in [-0.2, 0) is 9.59 Å². The third-order valence-electron chi connectivity index (χ3n) is 4.46. The van der Waals surface area contributed by atoms with Crippen LogP contribution in [0.2, 0.25) is 0 Å². The molecule has 1 aromatic rings. The minimum Gasteiger partial charge on any atom is -0.337 e. The summed E-state index contributed by atoms with van der Waals surface area (Å²) in [5.41, 5.74) is 1.13. The Labute approximate surface area is 149 Å². The van der Waals surface area contributed by atoms with Gasteiger partial charge in [0.05, 0.1) is 19.2 Å². The molecule has 1 aromatic carbocycles. The second kappa shape index (κ2) is 8.63. The van der Waals surface area contributed by atoms with Gasteiger partial charge in [-0.3, -0.25) is 14.5 Å². The zero-order valence-corrected chi connectivity index (χ0v) is 15.0. The highest BCUT2D eigenvalue weighted by atomic mass is 16.2. The lowest BCUT2D eigenvalue weighted by Crippen LogP contribution is -2.51. The van der Waals surface area contributed by atoms with Gasteiger partial charge in [-0.15, -0.1) is 0 Å². The van der Waals surface area contributed by atoms with Gasteiger partial charge in [-0.25, -0.2) is 0 Å². The first-order valence-electron chi connectivity index (χ1n) is 8.70. The Kier molecular flexibility index (Phi) is 6.54. The first-order chi connectivity index (χ1) is 11.9. The summed E-state index contributed by atoms with van der Waals surface area (Å²) in [6, 6.07) is 9.82. The fourth-order valence-corrected chi connectivity index (χ4v) is 3.11. The molecule has 1 aliphatic carbocycles. The van der Waals surface area contributed by atoms with Gasteiger partial charge >= 0.3 is 0 Å². The standard InChI is InChI=1S/C19H26N4O2/c1-15-6-8-16(9-7-15)21-17(24)12-23(2)13-18(25)22-19(14-20)10-4-3-5-11-19/h6-9H,3-5,10-13H2,1-2H3,(H,21,24)(H,22,25). The van der Waals surface area contributed by atoms with E-state index in [1.807, 2.05) is 31.2 Å². The summed E-state index contributed by atoms with van der Waals surface area (Å²) in [4.78, 5) is 25.9. The quantitative estimate of drug-likeness (QED) is 0.830. The average Bonchev–Trinajstić information content (AvgIpc) is 2.57. The van der Waals surface area contributed by atoms with Crippen molar-refractivity contribution in [3.63, 3.8) is 0 Å². The van der Waals surface area contributed by atoms with Crippen molar-refractivity contribution in [2.24, 2.45) is 0 Å². The van der Waals surface area contributed by atoms with Crippen molar-refractivity contribution in [3.8, 4) is 6.07 Å². The second-order valence-corrected chi connectivity index (χ2v) is 6.89. The first kappa shape index (κ1) is 18.9. The molecule has 6 heteroatoms. The van der Waals surface area contributed by atoms with E-state index in [-0.39, 0.29) is 24.9 Å². The number of amides is 2. The van der Waals surface area contributed by atoms with Crippen molar-refractivity contribution in [2.45, 2.75) is 44.6 Å². The molecule has 0 spiro atoms. The fraction of sp³-hybridized carbons (Fsp3) is 0.526. The van der Waals surface area contributed by atoms with Crippen LogP contribution in [0, 0.1) is 18.3 Å². The molecule has 0 radical (unpaired) electrons. The number of likely N-dealkylation sites (N-methyl/N-ethyl adjacent to an activating group) is 1. The number of carbonyl (C=O) groups excluding carboxylic acids is 2. The molecule has 0 heterocycles. The lowest BCUT2D eigenvalue weighted by molar-refractivity contribution is -0.124. The smallest absolute Gasteiger partial charge is 0.238 e. The van der Waals surface area contributed by atoms with Gasteiger partial charge in [0.1, 0.15) is 5.54 Å². The molecule has 0 unspecified atom stereocenters. The zero-order chi connectivity index (χ0) is 18.3. The molecule has 1 fully saturated rings. The number of rotatable bonds is 6. The highest BCUT2D eigenvalue weighted by molar-refractivity contribution is 5.92. The molecule has 2 amide bonds. The van der Waals surface area contributed by atoms with E-state index in [4.69, 9.17) is 0 Å². The van der Waals surface area contributed by atoms with Crippen LogP contribution in [0.1, 0.15) is 37.7 Å². The maximum atomic E-state index is 12.2. The van der Waals surface area contributed by atoms with Crippen LogP contribution in [-0.4, -0.2) is 42.4 Å². The summed E-state index contributed by atoms with van der Waals surface area (Å²) in [7, 11) is 1.72. The third-order valence-corrected chi connectivity index (χ3v) is 4.46. The van der Waals surface area contributed by atoms with E-state index in [0.717, 1.165) is 30.5 Å². The van der Waals surface area contributed by atoms with Crippen molar-refractivity contribution >= 4 is 17.5 Å². The monoisotopic (exact) mass is 342 g/mol. The largest absolute Gasteiger partial charge is 0.337 e. The Hall–Kier alpha value is -2.39. The topological polar surface area (TPSA) is 85.2 Å². The summed E-state index contributed by atoms with van der Waals surface area (Å²) in [5, 5.41) is 15.1. The lowest BCUT2D eigenvalue weighted by Gasteiger charge is -2.32. The van der Waals surface area contributed by atoms with Gasteiger partial charge < -0.3 is 10.6 Å². The molecule has 25 heavy (non-hydrogen) atoms. The molecular formula is C19H26N4O2. The molecule has 1 aliphatic rings. The Bertz CT molecular complexity index is 642. The maximum Gasteiger partial charge on any atom is 0.238 e. The number of nitrogens with zero attached hydrogens (tertiary/aromatic N) is 2. The lowest BCUT2D eigenvalue weighted by atomic mass is 9.83. The van der Waals surface area contributed by atoms with E-state index in [1.54, 1.807) is 11.9 Å². The summed E-state index contributed by atoms with van der Waals surface area (Å²) in [6.45, 7) is 2.18. The molecular weight excluding hydrogens is 316 g/mol. The van der Waals surface area contributed by atoms with Crippen molar-refractivity contribution in [2.75, 3.05) is 25.5 Å². The van der Waals surface area contributed by atoms with E-state index < -0.39 is 5.54 Å². The number of hydrogen-bond donors (Lipinski definition) is 2. The molecule has 0 aromatic heterocycles. The van der Waals surface area contributed by atoms with Gasteiger partial charge in [0.2, 0.25) is 11.8 Å². The molecule has 2 rings (SSSR count). The fourth-order valence-electron chi connectivity index (χ4n) is 3.11. The van der Waals surface area contributed by atoms with Crippen LogP contribution < -0.4 is 10.6 Å². The van der Waals surface area contributed by atoms with Crippen molar-refractivity contribution in [1.29, 1.82) is 5.26 Å². The van der Waals surface area contributed by atoms with Gasteiger partial charge in [-0.05, 0) is 38.9 Å². The Balaban J connectivity index is 1.79. The molecule has 0 saturated heterocycles. The van der Waals surface area contributed by atoms with Crippen LogP contribution in [0.3, 0.4) is 0 Å². The summed E-state index contributed by atoms with van der Waals surface area (Å²) in [5.74, 6) is -0.388. The first-order valence-corrected chi connectivity index (χ1v) is 8.70. The van der Waals surface area contributed by atoms with Gasteiger partial charge in [0.25, 0.3) is 0 Å². The molecule has 0 atom stereocenters. The number of nitriles is 1. The second-order valence-electron chi connectivity index (χ2n) is 6.89. The van der Waals surface area contributed by atoms with Crippen LogP contribution >= 0.6 is 0 Å². The average molecular weight is 342 g/mol. The molecule has 0 aliphatic heterocycles. The Morgan fingerprint density at radius 1 is 1.12 bits per heavy atom. The van der Waals surface area contributed by atoms with E-state index in [1.165, 1.54) is 0 Å². The van der Waals surface area contributed by atoms with Gasteiger partial charge in [0, 0.05) is 5.69 Å². The Morgan fingerprint density at radius 2 is 1.72 bits per heavy atom.